The van der Waals surface area contributed by atoms with Crippen LogP contribution >= 0.6 is 0 Å². The van der Waals surface area contributed by atoms with Crippen LogP contribution < -0.4 is 32.1 Å². The number of fused-ring (bicyclic) bond motifs is 2. The lowest BCUT2D eigenvalue weighted by molar-refractivity contribution is -0.141. The van der Waals surface area contributed by atoms with Gasteiger partial charge in [0.25, 0.3) is 18.2 Å². The van der Waals surface area contributed by atoms with Gasteiger partial charge in [0.05, 0.1) is 46.9 Å². The number of hydrogen-bond acceptors (Lipinski definition) is 10. The van der Waals surface area contributed by atoms with E-state index in [-0.39, 0.29) is 37.2 Å². The first kappa shape index (κ1) is 39.1. The maximum absolute atomic E-state index is 13.3. The first-order chi connectivity index (χ1) is 26.3. The number of amides is 4. The molecule has 0 radical (unpaired) electrons. The van der Waals surface area contributed by atoms with Gasteiger partial charge in [0, 0.05) is 75.8 Å². The maximum Gasteiger partial charge on any atom is 0.405 e. The Balaban J connectivity index is 1.32. The molecule has 0 aliphatic carbocycles. The zero-order valence-electron chi connectivity index (χ0n) is 29.9. The van der Waals surface area contributed by atoms with Crippen LogP contribution in [0.3, 0.4) is 0 Å². The van der Waals surface area contributed by atoms with Crippen molar-refractivity contribution in [3.63, 3.8) is 0 Å². The quantitative estimate of drug-likeness (QED) is 0.105. The average Bonchev–Trinajstić information content (AvgIpc) is 3.83. The number of halogens is 5. The van der Waals surface area contributed by atoms with Gasteiger partial charge < -0.3 is 41.7 Å². The number of hydrogen-bond donors (Lipinski definition) is 7. The number of alkyl halides is 5. The third-order valence-electron chi connectivity index (χ3n) is 9.69. The molecule has 0 spiro atoms. The van der Waals surface area contributed by atoms with Gasteiger partial charge in [0.15, 0.2) is 0 Å². The molecule has 0 bridgehead atoms. The van der Waals surface area contributed by atoms with E-state index in [1.165, 1.54) is 26.5 Å². The Kier molecular flexibility index (Phi) is 11.7. The van der Waals surface area contributed by atoms with Gasteiger partial charge in [0.1, 0.15) is 17.8 Å². The van der Waals surface area contributed by atoms with E-state index in [2.05, 4.69) is 41.8 Å². The van der Waals surface area contributed by atoms with E-state index >= 15 is 0 Å². The number of pyridine rings is 2. The van der Waals surface area contributed by atoms with Crippen LogP contribution in [-0.2, 0) is 9.59 Å². The number of aromatic amines is 1. The van der Waals surface area contributed by atoms with Crippen molar-refractivity contribution in [1.29, 1.82) is 0 Å². The fourth-order valence-electron chi connectivity index (χ4n) is 7.08. The molecule has 1 unspecified atom stereocenters. The molecule has 6 rings (SSSR count). The Morgan fingerprint density at radius 1 is 0.873 bits per heavy atom. The van der Waals surface area contributed by atoms with E-state index in [0.29, 0.717) is 52.8 Å². The molecule has 2 aliphatic rings. The van der Waals surface area contributed by atoms with Crippen LogP contribution in [0.4, 0.5) is 33.3 Å². The van der Waals surface area contributed by atoms with Crippen molar-refractivity contribution in [2.45, 2.75) is 37.9 Å². The van der Waals surface area contributed by atoms with E-state index in [0.717, 1.165) is 0 Å². The molecule has 0 aromatic carbocycles. The Morgan fingerprint density at radius 3 is 2.22 bits per heavy atom. The highest BCUT2D eigenvalue weighted by molar-refractivity contribution is 6.07. The highest BCUT2D eigenvalue weighted by Gasteiger charge is 2.36. The first-order valence-corrected chi connectivity index (χ1v) is 17.6. The third kappa shape index (κ3) is 8.88. The third-order valence-corrected chi connectivity index (χ3v) is 9.69. The minimum Gasteiger partial charge on any atom is -0.355 e. The Hall–Kier alpha value is -5.57. The lowest BCUT2D eigenvalue weighted by atomic mass is 9.94. The second-order valence-electron chi connectivity index (χ2n) is 13.4. The lowest BCUT2D eigenvalue weighted by Gasteiger charge is -2.38. The molecule has 21 heteroatoms. The van der Waals surface area contributed by atoms with Gasteiger partial charge in [0.2, 0.25) is 11.8 Å². The Morgan fingerprint density at radius 2 is 1.53 bits per heavy atom. The molecule has 16 nitrogen and oxygen atoms in total. The van der Waals surface area contributed by atoms with Crippen LogP contribution in [0.25, 0.3) is 22.1 Å². The molecular weight excluding hydrogens is 735 g/mol. The fraction of sp³-hybridized carbons (Fsp3) is 0.471. The zero-order valence-corrected chi connectivity index (χ0v) is 29.9. The number of anilines is 2. The van der Waals surface area contributed by atoms with Crippen molar-refractivity contribution in [3.05, 3.63) is 48.0 Å². The van der Waals surface area contributed by atoms with E-state index in [9.17, 15) is 41.1 Å². The minimum atomic E-state index is -4.55. The molecule has 55 heavy (non-hydrogen) atoms. The molecule has 4 aromatic rings. The monoisotopic (exact) mass is 776 g/mol. The van der Waals surface area contributed by atoms with Crippen LogP contribution in [-0.4, -0.2) is 119 Å². The lowest BCUT2D eigenvalue weighted by Crippen LogP contribution is -2.49. The summed E-state index contributed by atoms with van der Waals surface area (Å²) in [4.78, 5) is 63.8. The summed E-state index contributed by atoms with van der Waals surface area (Å²) in [6.45, 7) is -1.41. The van der Waals surface area contributed by atoms with Crippen LogP contribution in [0.2, 0.25) is 0 Å². The van der Waals surface area contributed by atoms with Crippen molar-refractivity contribution >= 4 is 57.1 Å². The van der Waals surface area contributed by atoms with Crippen molar-refractivity contribution in [2.75, 3.05) is 64.2 Å². The zero-order chi connectivity index (χ0) is 39.4. The van der Waals surface area contributed by atoms with Gasteiger partial charge >= 0.3 is 6.18 Å². The number of hydrazine groups is 2. The molecule has 4 aromatic heterocycles. The van der Waals surface area contributed by atoms with Gasteiger partial charge in [-0.1, -0.05) is 0 Å². The summed E-state index contributed by atoms with van der Waals surface area (Å²) in [6.07, 6.45) is -0.0295. The molecule has 2 aliphatic heterocycles. The molecule has 2 saturated heterocycles. The topological polar surface area (TPSA) is 193 Å². The predicted molar refractivity (Wildman–Crippen MR) is 191 cm³/mol. The maximum atomic E-state index is 13.3. The fourth-order valence-corrected chi connectivity index (χ4v) is 7.08. The van der Waals surface area contributed by atoms with Crippen molar-refractivity contribution in [2.24, 2.45) is 11.8 Å². The largest absolute Gasteiger partial charge is 0.405 e. The molecule has 3 atom stereocenters. The van der Waals surface area contributed by atoms with Crippen LogP contribution in [0, 0.1) is 11.8 Å². The highest BCUT2D eigenvalue weighted by Crippen LogP contribution is 2.35. The first-order valence-electron chi connectivity index (χ1n) is 17.6. The second kappa shape index (κ2) is 16.4. The number of carbonyl (C=O) groups excluding carboxylic acids is 4. The van der Waals surface area contributed by atoms with E-state index in [1.807, 2.05) is 9.88 Å². The molecular formula is C34H41F5N12O4. The van der Waals surface area contributed by atoms with Gasteiger partial charge in [-0.15, -0.1) is 0 Å². The van der Waals surface area contributed by atoms with Crippen molar-refractivity contribution < 1.29 is 41.1 Å². The number of piperidine rings is 2. The number of nitrogens with one attached hydrogen (secondary N) is 7. The summed E-state index contributed by atoms with van der Waals surface area (Å²) in [5.74, 6) is -3.71. The van der Waals surface area contributed by atoms with Gasteiger partial charge in [-0.05, 0) is 31.4 Å². The average molecular weight is 777 g/mol. The summed E-state index contributed by atoms with van der Waals surface area (Å²) < 4.78 is 66.4. The molecule has 7 N–H and O–H groups in total. The van der Waals surface area contributed by atoms with E-state index in [4.69, 9.17) is 0 Å². The Labute approximate surface area is 310 Å². The number of rotatable bonds is 12. The minimum absolute atomic E-state index is 0.0710. The van der Waals surface area contributed by atoms with Gasteiger partial charge in [-0.2, -0.15) is 13.2 Å². The molecule has 6 heterocycles. The Bertz CT molecular complexity index is 2050. The molecule has 0 saturated carbocycles. The molecule has 2 fully saturated rings. The number of nitrogens with zero attached hydrogens (tertiary/aromatic N) is 5. The van der Waals surface area contributed by atoms with E-state index < -0.39 is 67.2 Å². The second-order valence-corrected chi connectivity index (χ2v) is 13.4. The van der Waals surface area contributed by atoms with Crippen LogP contribution in [0.15, 0.2) is 36.9 Å². The smallest absolute Gasteiger partial charge is 0.355 e. The highest BCUT2D eigenvalue weighted by atomic mass is 19.4. The van der Waals surface area contributed by atoms with Gasteiger partial charge in [-0.3, -0.25) is 19.2 Å². The molecule has 4 amide bonds. The SMILES string of the molecule is CNC(=O)c1cnc2[nH]ccc2c1NN1CC(n2ccc3c(NN4CCC[C@H](C(=O)NCC(F)(F)F)C4)c(C(=O)NC)cnc32)C[C@H](C(=O)NCC(F)F)C1. The number of H-pyrrole nitrogens is 1. The predicted octanol–water partition coefficient (Wildman–Crippen LogP) is 2.62. The summed E-state index contributed by atoms with van der Waals surface area (Å²) in [6, 6.07) is 2.98. The van der Waals surface area contributed by atoms with Crippen LogP contribution in [0.5, 0.6) is 0 Å². The number of carbonyl (C=O) groups is 4. The van der Waals surface area contributed by atoms with Crippen molar-refractivity contribution in [1.82, 2.24) is 50.8 Å². The summed E-state index contributed by atoms with van der Waals surface area (Å²) in [5.41, 5.74) is 8.60. The molecule has 296 valence electrons. The van der Waals surface area contributed by atoms with Crippen LogP contribution in [0.1, 0.15) is 46.0 Å². The summed E-state index contributed by atoms with van der Waals surface area (Å²) >= 11 is 0. The van der Waals surface area contributed by atoms with Gasteiger partial charge in [-0.25, -0.2) is 28.8 Å². The summed E-state index contributed by atoms with van der Waals surface area (Å²) in [5, 5.41) is 14.0. The van der Waals surface area contributed by atoms with E-state index in [1.54, 1.807) is 34.5 Å². The standard InChI is InChI=1S/C34H41F5N12O4/c1-40-32(54)23-11-43-28-21(5-7-42-28)26(23)48-50-15-19(31(53)45-13-25(35)36)10-20(16-50)51-9-6-22-27(24(33(55)41-2)12-44-29(22)51)47-49-8-3-4-18(14-49)30(52)46-17-34(37,38)39/h5-7,9,11-12,18-20,25H,3-4,8,10,13-17H2,1-2H3,(H,40,54)(H,41,55)(H,44,47)(H,45,53)(H,46,52)(H2,42,43,48)/t18-,19-,20?/m0/s1. The van der Waals surface area contributed by atoms with Crippen molar-refractivity contribution in [3.8, 4) is 0 Å². The number of aromatic nitrogens is 4. The normalized spacial score (nSPS) is 19.7. The summed E-state index contributed by atoms with van der Waals surface area (Å²) in [7, 11) is 2.93.